The first-order valence-corrected chi connectivity index (χ1v) is 6.23. The summed E-state index contributed by atoms with van der Waals surface area (Å²) in [6, 6.07) is 4.96. The molecule has 8 heteroatoms. The first-order chi connectivity index (χ1) is 10.7. The lowest BCUT2D eigenvalue weighted by Crippen LogP contribution is -2.30. The monoisotopic (exact) mass is 324 g/mol. The number of aliphatic hydroxyl groups is 1. The van der Waals surface area contributed by atoms with Gasteiger partial charge in [0, 0.05) is 12.1 Å². The summed E-state index contributed by atoms with van der Waals surface area (Å²) in [5, 5.41) is 20.2. The Labute approximate surface area is 129 Å². The molecule has 2 N–H and O–H groups in total. The molecule has 0 aliphatic rings. The van der Waals surface area contributed by atoms with E-state index >= 15 is 0 Å². The number of terminal acetylenes is 1. The second kappa shape index (κ2) is 7.43. The predicted molar refractivity (Wildman–Crippen MR) is 73.6 cm³/mol. The highest BCUT2D eigenvalue weighted by Gasteiger charge is 2.31. The molecule has 1 rings (SSSR count). The van der Waals surface area contributed by atoms with Gasteiger partial charge in [-0.3, -0.25) is 9.59 Å². The molecule has 2 atom stereocenters. The molecule has 0 aliphatic carbocycles. The number of carbonyl (C=O) groups excluding carboxylic acids is 2. The Morgan fingerprint density at radius 1 is 1.30 bits per heavy atom. The molecule has 5 nitrogen and oxygen atoms in total. The summed E-state index contributed by atoms with van der Waals surface area (Å²) < 4.78 is 37.2. The van der Waals surface area contributed by atoms with Crippen LogP contribution in [0.2, 0.25) is 0 Å². The van der Waals surface area contributed by atoms with Gasteiger partial charge in [0.2, 0.25) is 5.91 Å². The molecular formula is C15H11F3N2O3. The molecule has 0 radical (unpaired) electrons. The number of nitrogens with zero attached hydrogens (tertiary/aromatic N) is 1. The minimum atomic E-state index is -4.51. The number of nitriles is 1. The first-order valence-electron chi connectivity index (χ1n) is 6.23. The summed E-state index contributed by atoms with van der Waals surface area (Å²) in [4.78, 5) is 23.5. The number of nitrogens with one attached hydrogen (secondary N) is 1. The second-order valence-electron chi connectivity index (χ2n) is 4.48. The quantitative estimate of drug-likeness (QED) is 0.637. The predicted octanol–water partition coefficient (Wildman–Crippen LogP) is 1.74. The molecule has 0 aromatic heterocycles. The molecule has 1 amide bonds. The number of carbonyl (C=O) groups is 2. The molecule has 0 saturated heterocycles. The number of hydrogen-bond donors (Lipinski definition) is 2. The normalized spacial score (nSPS) is 13.3. The van der Waals surface area contributed by atoms with Crippen molar-refractivity contribution in [3.05, 3.63) is 29.8 Å². The molecule has 1 aromatic rings. The molecular weight excluding hydrogens is 313 g/mol. The van der Waals surface area contributed by atoms with Gasteiger partial charge in [-0.05, 0) is 24.3 Å². The fourth-order valence-electron chi connectivity index (χ4n) is 1.60. The lowest BCUT2D eigenvalue weighted by Gasteiger charge is -2.11. The third kappa shape index (κ3) is 5.13. The molecule has 0 spiro atoms. The van der Waals surface area contributed by atoms with Crippen LogP contribution in [0.5, 0.6) is 0 Å². The van der Waals surface area contributed by atoms with E-state index in [2.05, 4.69) is 5.32 Å². The lowest BCUT2D eigenvalue weighted by molar-refractivity contribution is -0.137. The summed E-state index contributed by atoms with van der Waals surface area (Å²) in [6.07, 6.45) is -1.63. The molecule has 23 heavy (non-hydrogen) atoms. The van der Waals surface area contributed by atoms with Gasteiger partial charge in [-0.25, -0.2) is 0 Å². The summed E-state index contributed by atoms with van der Waals surface area (Å²) in [7, 11) is 0. The Balaban J connectivity index is 2.79. The fourth-order valence-corrected chi connectivity index (χ4v) is 1.60. The molecule has 0 bridgehead atoms. The van der Waals surface area contributed by atoms with Gasteiger partial charge in [0.15, 0.2) is 11.7 Å². The van der Waals surface area contributed by atoms with Crippen LogP contribution in [-0.4, -0.2) is 22.9 Å². The number of benzene rings is 1. The van der Waals surface area contributed by atoms with E-state index in [0.29, 0.717) is 0 Å². The fraction of sp³-hybridized carbons (Fsp3) is 0.267. The molecule has 0 heterocycles. The maximum atomic E-state index is 12.4. The van der Waals surface area contributed by atoms with Crippen LogP contribution in [-0.2, 0) is 15.8 Å². The number of ketones is 1. The Kier molecular flexibility index (Phi) is 5.88. The molecule has 0 aliphatic heterocycles. The van der Waals surface area contributed by atoms with Crippen molar-refractivity contribution in [3.63, 3.8) is 0 Å². The van der Waals surface area contributed by atoms with Crippen LogP contribution in [0.15, 0.2) is 24.3 Å². The van der Waals surface area contributed by atoms with E-state index in [1.165, 1.54) is 6.07 Å². The van der Waals surface area contributed by atoms with Gasteiger partial charge >= 0.3 is 6.18 Å². The number of alkyl halides is 3. The van der Waals surface area contributed by atoms with Crippen molar-refractivity contribution in [2.24, 2.45) is 5.92 Å². The Morgan fingerprint density at radius 3 is 2.30 bits per heavy atom. The van der Waals surface area contributed by atoms with E-state index in [9.17, 15) is 22.8 Å². The zero-order valence-electron chi connectivity index (χ0n) is 11.6. The number of Topliss-reactive ketones (excluding diaryl/α,β-unsaturated/α-hetero) is 1. The van der Waals surface area contributed by atoms with E-state index in [-0.39, 0.29) is 5.69 Å². The number of hydrogen-bond acceptors (Lipinski definition) is 4. The van der Waals surface area contributed by atoms with Crippen LogP contribution in [0, 0.1) is 29.6 Å². The van der Waals surface area contributed by atoms with Gasteiger partial charge in [0.25, 0.3) is 0 Å². The largest absolute Gasteiger partial charge is 0.416 e. The second-order valence-corrected chi connectivity index (χ2v) is 4.48. The minimum Gasteiger partial charge on any atom is -0.380 e. The van der Waals surface area contributed by atoms with Crippen LogP contribution in [0.4, 0.5) is 18.9 Å². The molecule has 0 fully saturated rings. The Bertz CT molecular complexity index is 669. The van der Waals surface area contributed by atoms with E-state index in [0.717, 1.165) is 24.3 Å². The molecule has 2 unspecified atom stereocenters. The average Bonchev–Trinajstić information content (AvgIpc) is 2.47. The number of halogens is 3. The van der Waals surface area contributed by atoms with Crippen molar-refractivity contribution < 1.29 is 27.9 Å². The van der Waals surface area contributed by atoms with Crippen molar-refractivity contribution in [3.8, 4) is 18.4 Å². The van der Waals surface area contributed by atoms with Crippen molar-refractivity contribution in [2.75, 3.05) is 5.32 Å². The SMILES string of the molecule is C#CC(O)CC(=O)C(C#N)C(=O)Nc1ccc(C(F)(F)F)cc1. The number of aliphatic hydroxyl groups excluding tert-OH is 1. The van der Waals surface area contributed by atoms with Gasteiger partial charge < -0.3 is 10.4 Å². The number of amides is 1. The van der Waals surface area contributed by atoms with Crippen molar-refractivity contribution in [2.45, 2.75) is 18.7 Å². The molecule has 1 aromatic carbocycles. The number of rotatable bonds is 5. The smallest absolute Gasteiger partial charge is 0.380 e. The summed E-state index contributed by atoms with van der Waals surface area (Å²) in [5.41, 5.74) is -0.908. The Morgan fingerprint density at radius 2 is 1.87 bits per heavy atom. The van der Waals surface area contributed by atoms with Crippen LogP contribution >= 0.6 is 0 Å². The first kappa shape index (κ1) is 18.2. The van der Waals surface area contributed by atoms with E-state index < -0.39 is 41.9 Å². The third-order valence-electron chi connectivity index (χ3n) is 2.78. The zero-order valence-corrected chi connectivity index (χ0v) is 11.6. The van der Waals surface area contributed by atoms with Crippen LogP contribution < -0.4 is 5.32 Å². The lowest BCUT2D eigenvalue weighted by atomic mass is 9.99. The summed E-state index contributed by atoms with van der Waals surface area (Å²) in [6.45, 7) is 0. The topological polar surface area (TPSA) is 90.2 Å². The van der Waals surface area contributed by atoms with Crippen LogP contribution in [0.3, 0.4) is 0 Å². The van der Waals surface area contributed by atoms with E-state index in [1.54, 1.807) is 0 Å². The summed E-state index contributed by atoms with van der Waals surface area (Å²) in [5.74, 6) is -1.75. The number of anilines is 1. The highest BCUT2D eigenvalue weighted by atomic mass is 19.4. The van der Waals surface area contributed by atoms with Gasteiger partial charge in [0.05, 0.1) is 11.6 Å². The van der Waals surface area contributed by atoms with Gasteiger partial charge in [-0.15, -0.1) is 6.42 Å². The maximum Gasteiger partial charge on any atom is 0.416 e. The van der Waals surface area contributed by atoms with Crippen LogP contribution in [0.25, 0.3) is 0 Å². The molecule has 120 valence electrons. The highest BCUT2D eigenvalue weighted by Crippen LogP contribution is 2.29. The van der Waals surface area contributed by atoms with Crippen LogP contribution in [0.1, 0.15) is 12.0 Å². The van der Waals surface area contributed by atoms with E-state index in [1.807, 2.05) is 5.92 Å². The van der Waals surface area contributed by atoms with Gasteiger partial charge in [-0.2, -0.15) is 18.4 Å². The van der Waals surface area contributed by atoms with Crippen molar-refractivity contribution in [1.29, 1.82) is 5.26 Å². The van der Waals surface area contributed by atoms with E-state index in [4.69, 9.17) is 16.8 Å². The molecule has 0 saturated carbocycles. The van der Waals surface area contributed by atoms with Crippen molar-refractivity contribution >= 4 is 17.4 Å². The average molecular weight is 324 g/mol. The van der Waals surface area contributed by atoms with Crippen molar-refractivity contribution in [1.82, 2.24) is 0 Å². The maximum absolute atomic E-state index is 12.4. The minimum absolute atomic E-state index is 0.00597. The van der Waals surface area contributed by atoms with Gasteiger partial charge in [0.1, 0.15) is 6.10 Å². The highest BCUT2D eigenvalue weighted by molar-refractivity contribution is 6.09. The third-order valence-corrected chi connectivity index (χ3v) is 2.78. The summed E-state index contributed by atoms with van der Waals surface area (Å²) >= 11 is 0. The van der Waals surface area contributed by atoms with Gasteiger partial charge in [-0.1, -0.05) is 5.92 Å². The zero-order chi connectivity index (χ0) is 17.6. The standard InChI is InChI=1S/C15H11F3N2O3/c1-2-11(21)7-13(22)12(8-19)14(23)20-10-5-3-9(4-6-10)15(16,17)18/h1,3-6,11-12,21H,7H2,(H,20,23). The Hall–Kier alpha value is -2.84.